The monoisotopic (exact) mass is 320 g/mol. The molecule has 1 aromatic carbocycles. The molecule has 0 aliphatic carbocycles. The van der Waals surface area contributed by atoms with Gasteiger partial charge in [0.1, 0.15) is 0 Å². The Balaban J connectivity index is 0. The van der Waals surface area contributed by atoms with Crippen LogP contribution in [0.15, 0.2) is 30.3 Å². The smallest absolute Gasteiger partial charge is 1.00 e. The van der Waals surface area contributed by atoms with E-state index < -0.39 is 0 Å². The molecule has 0 amide bonds. The van der Waals surface area contributed by atoms with E-state index in [4.69, 9.17) is 0 Å². The van der Waals surface area contributed by atoms with Crippen molar-refractivity contribution in [3.8, 4) is 0 Å². The van der Waals surface area contributed by atoms with E-state index >= 15 is 0 Å². The van der Waals surface area contributed by atoms with Crippen LogP contribution in [0, 0.1) is 6.92 Å². The molecule has 0 fully saturated rings. The molecule has 0 saturated carbocycles. The van der Waals surface area contributed by atoms with Crippen LogP contribution in [-0.2, 0) is 6.42 Å². The van der Waals surface area contributed by atoms with Gasteiger partial charge in [-0.05, 0) is 18.4 Å². The van der Waals surface area contributed by atoms with Crippen LogP contribution >= 0.6 is 0 Å². The van der Waals surface area contributed by atoms with Crippen molar-refractivity contribution in [2.24, 2.45) is 0 Å². The molecule has 0 bridgehead atoms. The van der Waals surface area contributed by atoms with Crippen LogP contribution in [0.2, 0.25) is 0 Å². The van der Waals surface area contributed by atoms with Crippen LogP contribution in [0.3, 0.4) is 0 Å². The van der Waals surface area contributed by atoms with Gasteiger partial charge in [-0.3, -0.25) is 0 Å². The molecule has 0 unspecified atom stereocenters. The second-order valence-electron chi connectivity index (χ2n) is 4.56. The summed E-state index contributed by atoms with van der Waals surface area (Å²) < 4.78 is 0. The number of hydrogen-bond acceptors (Lipinski definition) is 0. The number of benzene rings is 1. The van der Waals surface area contributed by atoms with Crippen LogP contribution in [0.25, 0.3) is 0 Å². The predicted octanol–water partition coefficient (Wildman–Crippen LogP) is 1.81. The largest absolute Gasteiger partial charge is 2.00 e. The molecule has 98 valence electrons. The van der Waals surface area contributed by atoms with Gasteiger partial charge in [-0.1, -0.05) is 68.9 Å². The molecule has 2 heteroatoms. The third-order valence-corrected chi connectivity index (χ3v) is 3.06. The molecule has 0 radical (unpaired) electrons. The van der Waals surface area contributed by atoms with Gasteiger partial charge in [-0.25, -0.2) is 0 Å². The van der Waals surface area contributed by atoms with Crippen molar-refractivity contribution in [1.82, 2.24) is 0 Å². The summed E-state index contributed by atoms with van der Waals surface area (Å²) in [4.78, 5) is 0. The maximum Gasteiger partial charge on any atom is 2.00 e. The zero-order chi connectivity index (χ0) is 11.5. The Morgan fingerprint density at radius 1 is 0.722 bits per heavy atom. The number of halogens is 1. The topological polar surface area (TPSA) is 0 Å². The summed E-state index contributed by atoms with van der Waals surface area (Å²) in [5.74, 6) is 0. The Hall–Kier alpha value is 0.466. The second-order valence-corrected chi connectivity index (χ2v) is 4.56. The summed E-state index contributed by atoms with van der Waals surface area (Å²) in [5.41, 5.74) is 1.49. The molecule has 0 spiro atoms. The summed E-state index contributed by atoms with van der Waals surface area (Å²) in [7, 11) is 0. The zero-order valence-electron chi connectivity index (χ0n) is 11.5. The van der Waals surface area contributed by atoms with Gasteiger partial charge in [-0.2, -0.15) is 6.42 Å². The van der Waals surface area contributed by atoms with Gasteiger partial charge >= 0.3 is 23.1 Å². The van der Waals surface area contributed by atoms with E-state index in [-0.39, 0.29) is 40.0 Å². The van der Waals surface area contributed by atoms with Crippen molar-refractivity contribution < 1.29 is 17.0 Å². The van der Waals surface area contributed by atoms with E-state index in [0.717, 1.165) is 6.42 Å². The van der Waals surface area contributed by atoms with Crippen molar-refractivity contribution in [1.29, 1.82) is 0 Å². The molecule has 18 heavy (non-hydrogen) atoms. The van der Waals surface area contributed by atoms with Gasteiger partial charge in [0.15, 0.2) is 0 Å². The molecule has 0 atom stereocenters. The third kappa shape index (κ3) is 11.6. The van der Waals surface area contributed by atoms with E-state index in [1.54, 1.807) is 0 Å². The molecule has 0 N–H and O–H groups in total. The molecule has 0 aliphatic heterocycles. The number of rotatable bonds is 9. The molecule has 0 aliphatic rings. The van der Waals surface area contributed by atoms with Crippen LogP contribution in [0.1, 0.15) is 56.9 Å². The fourth-order valence-corrected chi connectivity index (χ4v) is 2.03. The standard InChI is InChI=1S/C16H25.BrH.Mg/c1-2-3-4-5-6-7-8-10-13-16-14-11-9-12-15-16;;/h9,11-12,14-15H,1-8,10,13H2;1H;/q-1;;+2/p-1. The maximum atomic E-state index is 3.87. The minimum atomic E-state index is 0. The van der Waals surface area contributed by atoms with E-state index in [0.29, 0.717) is 0 Å². The average molecular weight is 322 g/mol. The number of aryl methyl sites for hydroxylation is 1. The van der Waals surface area contributed by atoms with Crippen LogP contribution < -0.4 is 17.0 Å². The summed E-state index contributed by atoms with van der Waals surface area (Å²) in [6.07, 6.45) is 12.0. The van der Waals surface area contributed by atoms with Gasteiger partial charge in [-0.15, -0.1) is 0 Å². The summed E-state index contributed by atoms with van der Waals surface area (Å²) in [6, 6.07) is 10.8. The average Bonchev–Trinajstić information content (AvgIpc) is 2.34. The number of unbranched alkanes of at least 4 members (excludes halogenated alkanes) is 7. The molecule has 0 nitrogen and oxygen atoms in total. The van der Waals surface area contributed by atoms with Gasteiger partial charge in [0, 0.05) is 0 Å². The second kappa shape index (κ2) is 15.5. The fraction of sp³-hybridized carbons (Fsp3) is 0.562. The summed E-state index contributed by atoms with van der Waals surface area (Å²) >= 11 is 0. The Morgan fingerprint density at radius 3 is 1.78 bits per heavy atom. The molecule has 0 saturated heterocycles. The Labute approximate surface area is 140 Å². The molecular weight excluding hydrogens is 296 g/mol. The minimum absolute atomic E-state index is 0. The summed E-state index contributed by atoms with van der Waals surface area (Å²) in [5, 5.41) is 0. The van der Waals surface area contributed by atoms with E-state index in [9.17, 15) is 0 Å². The molecule has 0 heterocycles. The van der Waals surface area contributed by atoms with Crippen molar-refractivity contribution in [2.75, 3.05) is 0 Å². The SMILES string of the molecule is [Br-].[CH2-]CCCCCCCCCc1ccccc1.[Mg+2]. The normalized spacial score (nSPS) is 9.39. The van der Waals surface area contributed by atoms with E-state index in [1.807, 2.05) is 0 Å². The van der Waals surface area contributed by atoms with E-state index in [2.05, 4.69) is 37.3 Å². The van der Waals surface area contributed by atoms with Crippen LogP contribution in [0.4, 0.5) is 0 Å². The molecular formula is C16H25BrMg. The van der Waals surface area contributed by atoms with Crippen molar-refractivity contribution in [3.05, 3.63) is 42.8 Å². The van der Waals surface area contributed by atoms with Crippen molar-refractivity contribution >= 4 is 23.1 Å². The summed E-state index contributed by atoms with van der Waals surface area (Å²) in [6.45, 7) is 3.87. The Morgan fingerprint density at radius 2 is 1.22 bits per heavy atom. The molecule has 0 aromatic heterocycles. The Bertz CT molecular complexity index is 249. The van der Waals surface area contributed by atoms with Crippen LogP contribution in [-0.4, -0.2) is 23.1 Å². The predicted molar refractivity (Wildman–Crippen MR) is 78.2 cm³/mol. The van der Waals surface area contributed by atoms with Crippen LogP contribution in [0.5, 0.6) is 0 Å². The zero-order valence-corrected chi connectivity index (χ0v) is 14.5. The number of hydrogen-bond donors (Lipinski definition) is 0. The first kappa shape index (κ1) is 20.8. The first-order chi connectivity index (χ1) is 7.93. The first-order valence-corrected chi connectivity index (χ1v) is 6.76. The van der Waals surface area contributed by atoms with Crippen molar-refractivity contribution in [2.45, 2.75) is 57.8 Å². The van der Waals surface area contributed by atoms with Gasteiger partial charge in [0.05, 0.1) is 0 Å². The third-order valence-electron chi connectivity index (χ3n) is 3.06. The fourth-order valence-electron chi connectivity index (χ4n) is 2.03. The molecule has 1 rings (SSSR count). The van der Waals surface area contributed by atoms with Gasteiger partial charge in [0.25, 0.3) is 0 Å². The Kier molecular flexibility index (Phi) is 17.9. The maximum absolute atomic E-state index is 3.87. The van der Waals surface area contributed by atoms with Crippen molar-refractivity contribution in [3.63, 3.8) is 0 Å². The minimum Gasteiger partial charge on any atom is -1.00 e. The van der Waals surface area contributed by atoms with E-state index in [1.165, 1.54) is 56.9 Å². The quantitative estimate of drug-likeness (QED) is 0.370. The first-order valence-electron chi connectivity index (χ1n) is 6.76. The molecule has 1 aromatic rings. The van der Waals surface area contributed by atoms with Gasteiger partial charge < -0.3 is 23.9 Å². The van der Waals surface area contributed by atoms with Gasteiger partial charge in [0.2, 0.25) is 0 Å².